The minimum Gasteiger partial charge on any atom is -0.381 e. The van der Waals surface area contributed by atoms with Gasteiger partial charge in [0.15, 0.2) is 0 Å². The fourth-order valence-electron chi connectivity index (χ4n) is 2.43. The quantitative estimate of drug-likeness (QED) is 0.644. The average Bonchev–Trinajstić information content (AvgIpc) is 2.50. The first kappa shape index (κ1) is 19.4. The lowest BCUT2D eigenvalue weighted by Crippen LogP contribution is -2.43. The lowest BCUT2D eigenvalue weighted by Gasteiger charge is -2.30. The number of sulfonamides is 1. The van der Waals surface area contributed by atoms with E-state index < -0.39 is 10.0 Å². The van der Waals surface area contributed by atoms with Crippen LogP contribution < -0.4 is 5.32 Å². The normalized spacial score (nSPS) is 17.8. The van der Waals surface area contributed by atoms with E-state index in [1.165, 1.54) is 4.31 Å². The molecule has 1 heterocycles. The van der Waals surface area contributed by atoms with E-state index in [-0.39, 0.29) is 17.6 Å². The van der Waals surface area contributed by atoms with Gasteiger partial charge in [0, 0.05) is 38.8 Å². The van der Waals surface area contributed by atoms with E-state index in [2.05, 4.69) is 19.2 Å². The van der Waals surface area contributed by atoms with Crippen molar-refractivity contribution in [3.05, 3.63) is 0 Å². The first-order valence-electron chi connectivity index (χ1n) is 8.20. The summed E-state index contributed by atoms with van der Waals surface area (Å²) in [4.78, 5) is 12.0. The highest BCUT2D eigenvalue weighted by Crippen LogP contribution is 2.19. The molecule has 1 amide bonds. The van der Waals surface area contributed by atoms with E-state index in [1.54, 1.807) is 6.92 Å². The Bertz CT molecular complexity index is 429. The van der Waals surface area contributed by atoms with Crippen molar-refractivity contribution in [2.45, 2.75) is 40.0 Å². The second-order valence-corrected chi connectivity index (χ2v) is 8.44. The van der Waals surface area contributed by atoms with Gasteiger partial charge in [0.05, 0.1) is 5.75 Å². The first-order valence-corrected chi connectivity index (χ1v) is 9.81. The SMILES string of the molecule is CCS(=O)(=O)N1CCC(C(=O)NCCCOCC(C)C)CC1. The van der Waals surface area contributed by atoms with Crippen molar-refractivity contribution < 1.29 is 17.9 Å². The predicted octanol–water partition coefficient (Wildman–Crippen LogP) is 1.23. The largest absolute Gasteiger partial charge is 0.381 e. The van der Waals surface area contributed by atoms with E-state index in [0.717, 1.165) is 13.0 Å². The summed E-state index contributed by atoms with van der Waals surface area (Å²) in [6.07, 6.45) is 2.02. The van der Waals surface area contributed by atoms with Gasteiger partial charge in [-0.1, -0.05) is 13.8 Å². The number of carbonyl (C=O) groups is 1. The van der Waals surface area contributed by atoms with Crippen LogP contribution in [0.3, 0.4) is 0 Å². The molecule has 1 N–H and O–H groups in total. The lowest BCUT2D eigenvalue weighted by atomic mass is 9.97. The zero-order chi connectivity index (χ0) is 16.6. The predicted molar refractivity (Wildman–Crippen MR) is 87.0 cm³/mol. The van der Waals surface area contributed by atoms with Crippen molar-refractivity contribution in [3.63, 3.8) is 0 Å². The summed E-state index contributed by atoms with van der Waals surface area (Å²) in [5.74, 6) is 0.622. The molecule has 0 radical (unpaired) electrons. The summed E-state index contributed by atoms with van der Waals surface area (Å²) < 4.78 is 30.5. The highest BCUT2D eigenvalue weighted by atomic mass is 32.2. The Morgan fingerprint density at radius 3 is 2.50 bits per heavy atom. The van der Waals surface area contributed by atoms with Crippen molar-refractivity contribution in [1.82, 2.24) is 9.62 Å². The molecule has 0 saturated carbocycles. The van der Waals surface area contributed by atoms with Crippen LogP contribution in [0.15, 0.2) is 0 Å². The van der Waals surface area contributed by atoms with Crippen LogP contribution >= 0.6 is 0 Å². The molecule has 0 atom stereocenters. The third-order valence-corrected chi connectivity index (χ3v) is 5.68. The van der Waals surface area contributed by atoms with Crippen molar-refractivity contribution in [2.24, 2.45) is 11.8 Å². The van der Waals surface area contributed by atoms with Gasteiger partial charge in [-0.3, -0.25) is 4.79 Å². The van der Waals surface area contributed by atoms with E-state index in [9.17, 15) is 13.2 Å². The van der Waals surface area contributed by atoms with Gasteiger partial charge in [-0.2, -0.15) is 0 Å². The molecule has 0 spiro atoms. The van der Waals surface area contributed by atoms with Gasteiger partial charge < -0.3 is 10.1 Å². The summed E-state index contributed by atoms with van der Waals surface area (Å²) in [7, 11) is -3.12. The fourth-order valence-corrected chi connectivity index (χ4v) is 3.56. The average molecular weight is 334 g/mol. The third kappa shape index (κ3) is 6.62. The standard InChI is InChI=1S/C15H30N2O4S/c1-4-22(19,20)17-9-6-14(7-10-17)15(18)16-8-5-11-21-12-13(2)3/h13-14H,4-12H2,1-3H3,(H,16,18). The lowest BCUT2D eigenvalue weighted by molar-refractivity contribution is -0.126. The number of carbonyl (C=O) groups excluding carboxylic acids is 1. The highest BCUT2D eigenvalue weighted by molar-refractivity contribution is 7.89. The Labute approximate surface area is 134 Å². The van der Waals surface area contributed by atoms with Crippen molar-refractivity contribution in [1.29, 1.82) is 0 Å². The molecule has 1 aliphatic heterocycles. The minimum absolute atomic E-state index is 0.0393. The molecule has 1 saturated heterocycles. The zero-order valence-corrected chi connectivity index (χ0v) is 14.8. The number of rotatable bonds is 9. The number of hydrogen-bond donors (Lipinski definition) is 1. The number of nitrogens with zero attached hydrogens (tertiary/aromatic N) is 1. The molecule has 1 fully saturated rings. The number of nitrogens with one attached hydrogen (secondary N) is 1. The summed E-state index contributed by atoms with van der Waals surface area (Å²) in [6, 6.07) is 0. The maximum atomic E-state index is 12.0. The number of ether oxygens (including phenoxy) is 1. The molecule has 0 aromatic rings. The summed E-state index contributed by atoms with van der Waals surface area (Å²) in [5, 5.41) is 2.92. The molecular formula is C15H30N2O4S. The molecule has 1 aliphatic rings. The molecule has 130 valence electrons. The second kappa shape index (κ2) is 9.47. The van der Waals surface area contributed by atoms with Crippen LogP contribution in [0.4, 0.5) is 0 Å². The maximum Gasteiger partial charge on any atom is 0.223 e. The van der Waals surface area contributed by atoms with Gasteiger partial charge in [0.2, 0.25) is 15.9 Å². The topological polar surface area (TPSA) is 75.7 Å². The van der Waals surface area contributed by atoms with E-state index in [4.69, 9.17) is 4.74 Å². The van der Waals surface area contributed by atoms with Gasteiger partial charge in [0.25, 0.3) is 0 Å². The van der Waals surface area contributed by atoms with Gasteiger partial charge in [0.1, 0.15) is 0 Å². The molecule has 0 aliphatic carbocycles. The summed E-state index contributed by atoms with van der Waals surface area (Å²) in [6.45, 7) is 8.78. The van der Waals surface area contributed by atoms with E-state index in [1.807, 2.05) is 0 Å². The molecule has 0 aromatic heterocycles. The fraction of sp³-hybridized carbons (Fsp3) is 0.933. The Hall–Kier alpha value is -0.660. The molecule has 7 heteroatoms. The molecule has 0 bridgehead atoms. The number of piperidine rings is 1. The highest BCUT2D eigenvalue weighted by Gasteiger charge is 2.29. The van der Waals surface area contributed by atoms with Crippen LogP contribution in [0.25, 0.3) is 0 Å². The van der Waals surface area contributed by atoms with Crippen molar-refractivity contribution in [2.75, 3.05) is 38.6 Å². The van der Waals surface area contributed by atoms with Crippen molar-refractivity contribution >= 4 is 15.9 Å². The third-order valence-electron chi connectivity index (χ3n) is 3.80. The van der Waals surface area contributed by atoms with Crippen LogP contribution in [-0.2, 0) is 19.6 Å². The van der Waals surface area contributed by atoms with Crippen LogP contribution in [0.1, 0.15) is 40.0 Å². The Morgan fingerprint density at radius 2 is 1.95 bits per heavy atom. The van der Waals surface area contributed by atoms with Gasteiger partial charge >= 0.3 is 0 Å². The number of amides is 1. The van der Waals surface area contributed by atoms with E-state index in [0.29, 0.717) is 45.0 Å². The zero-order valence-electron chi connectivity index (χ0n) is 14.0. The van der Waals surface area contributed by atoms with E-state index >= 15 is 0 Å². The van der Waals surface area contributed by atoms with Crippen LogP contribution in [0.5, 0.6) is 0 Å². The Balaban J connectivity index is 2.18. The Morgan fingerprint density at radius 1 is 1.32 bits per heavy atom. The van der Waals surface area contributed by atoms with Gasteiger partial charge in [-0.25, -0.2) is 12.7 Å². The molecule has 6 nitrogen and oxygen atoms in total. The summed E-state index contributed by atoms with van der Waals surface area (Å²) in [5.41, 5.74) is 0. The van der Waals surface area contributed by atoms with Gasteiger partial charge in [-0.15, -0.1) is 0 Å². The Kier molecular flexibility index (Phi) is 8.35. The first-order chi connectivity index (χ1) is 10.4. The molecule has 1 rings (SSSR count). The molecule has 0 aromatic carbocycles. The van der Waals surface area contributed by atoms with Crippen LogP contribution in [-0.4, -0.2) is 57.2 Å². The smallest absolute Gasteiger partial charge is 0.223 e. The molecule has 0 unspecified atom stereocenters. The van der Waals surface area contributed by atoms with Gasteiger partial charge in [-0.05, 0) is 32.1 Å². The maximum absolute atomic E-state index is 12.0. The molecular weight excluding hydrogens is 304 g/mol. The summed E-state index contributed by atoms with van der Waals surface area (Å²) >= 11 is 0. The van der Waals surface area contributed by atoms with Crippen molar-refractivity contribution in [3.8, 4) is 0 Å². The van der Waals surface area contributed by atoms with Crippen LogP contribution in [0, 0.1) is 11.8 Å². The minimum atomic E-state index is -3.12. The number of hydrogen-bond acceptors (Lipinski definition) is 4. The van der Waals surface area contributed by atoms with Crippen LogP contribution in [0.2, 0.25) is 0 Å². The monoisotopic (exact) mass is 334 g/mol. The molecule has 22 heavy (non-hydrogen) atoms. The second-order valence-electron chi connectivity index (χ2n) is 6.19.